The molecule has 2 aliphatic rings. The van der Waals surface area contributed by atoms with Crippen LogP contribution in [0.1, 0.15) is 54.5 Å². The highest BCUT2D eigenvalue weighted by Gasteiger charge is 2.26. The van der Waals surface area contributed by atoms with Crippen LogP contribution in [0, 0.1) is 0 Å². The molecule has 10 heteroatoms. The van der Waals surface area contributed by atoms with Gasteiger partial charge in [-0.05, 0) is 49.9 Å². The van der Waals surface area contributed by atoms with Gasteiger partial charge in [-0.3, -0.25) is 10.1 Å². The molecule has 1 amide bonds. The highest BCUT2D eigenvalue weighted by atomic mass is 32.2. The Balaban J connectivity index is 1.42. The number of nitrogens with one attached hydrogen (secondary N) is 1. The van der Waals surface area contributed by atoms with Crippen molar-refractivity contribution in [3.05, 3.63) is 35.7 Å². The van der Waals surface area contributed by atoms with E-state index in [0.717, 1.165) is 32.1 Å². The van der Waals surface area contributed by atoms with Gasteiger partial charge >= 0.3 is 6.01 Å². The summed E-state index contributed by atoms with van der Waals surface area (Å²) in [5, 5.41) is 10.2. The van der Waals surface area contributed by atoms with Gasteiger partial charge in [0, 0.05) is 25.3 Å². The minimum absolute atomic E-state index is 0.0134. The van der Waals surface area contributed by atoms with Crippen LogP contribution in [0.3, 0.4) is 0 Å². The van der Waals surface area contributed by atoms with Crippen molar-refractivity contribution in [2.45, 2.75) is 43.1 Å². The first-order chi connectivity index (χ1) is 13.5. The van der Waals surface area contributed by atoms with Crippen LogP contribution in [0.2, 0.25) is 0 Å². The van der Waals surface area contributed by atoms with E-state index >= 15 is 0 Å². The lowest BCUT2D eigenvalue weighted by Gasteiger charge is -2.25. The van der Waals surface area contributed by atoms with E-state index < -0.39 is 15.9 Å². The van der Waals surface area contributed by atoms with Gasteiger partial charge in [0.2, 0.25) is 15.9 Å². The smallest absolute Gasteiger partial charge is 0.322 e. The number of amides is 1. The minimum atomic E-state index is -3.52. The molecule has 4 rings (SSSR count). The maximum Gasteiger partial charge on any atom is 0.322 e. The lowest BCUT2D eigenvalue weighted by Crippen LogP contribution is -2.35. The zero-order chi connectivity index (χ0) is 19.6. The predicted octanol–water partition coefficient (Wildman–Crippen LogP) is 2.35. The third kappa shape index (κ3) is 3.94. The Kier molecular flexibility index (Phi) is 5.42. The number of aromatic nitrogens is 2. The molecule has 9 nitrogen and oxygen atoms in total. The number of nitrogens with zero attached hydrogens (tertiary/aromatic N) is 3. The molecule has 2 aromatic rings. The fourth-order valence-corrected chi connectivity index (χ4v) is 4.91. The van der Waals surface area contributed by atoms with Crippen LogP contribution in [-0.4, -0.2) is 48.5 Å². The van der Waals surface area contributed by atoms with Crippen molar-refractivity contribution in [2.24, 2.45) is 0 Å². The number of hydrogen-bond donors (Lipinski definition) is 1. The summed E-state index contributed by atoms with van der Waals surface area (Å²) in [7, 11) is -3.52. The summed E-state index contributed by atoms with van der Waals surface area (Å²) in [5.74, 6) is -0.111. The van der Waals surface area contributed by atoms with Crippen molar-refractivity contribution in [3.8, 4) is 0 Å². The monoisotopic (exact) mass is 406 g/mol. The maximum absolute atomic E-state index is 12.7. The van der Waals surface area contributed by atoms with Crippen LogP contribution in [-0.2, 0) is 14.8 Å². The minimum Gasteiger partial charge on any atom is -0.405 e. The Morgan fingerprint density at radius 3 is 2.50 bits per heavy atom. The van der Waals surface area contributed by atoms with Crippen LogP contribution in [0.15, 0.2) is 33.6 Å². The second kappa shape index (κ2) is 7.98. The molecule has 3 heterocycles. The molecule has 2 fully saturated rings. The number of sulfonamides is 1. The van der Waals surface area contributed by atoms with Crippen LogP contribution in [0.4, 0.5) is 6.01 Å². The largest absolute Gasteiger partial charge is 0.405 e. The van der Waals surface area contributed by atoms with Crippen molar-refractivity contribution >= 4 is 21.9 Å². The first-order valence-corrected chi connectivity index (χ1v) is 10.8. The molecule has 28 heavy (non-hydrogen) atoms. The van der Waals surface area contributed by atoms with Crippen molar-refractivity contribution in [1.29, 1.82) is 0 Å². The Bertz CT molecular complexity index is 929. The fraction of sp³-hybridized carbons (Fsp3) is 0.500. The summed E-state index contributed by atoms with van der Waals surface area (Å²) in [6.07, 6.45) is 4.31. The molecule has 0 spiro atoms. The van der Waals surface area contributed by atoms with Gasteiger partial charge in [-0.1, -0.05) is 11.5 Å². The molecule has 0 saturated carbocycles. The van der Waals surface area contributed by atoms with Crippen LogP contribution in [0.5, 0.6) is 0 Å². The zero-order valence-electron chi connectivity index (χ0n) is 15.3. The molecule has 0 bridgehead atoms. The van der Waals surface area contributed by atoms with E-state index in [1.54, 1.807) is 0 Å². The molecule has 2 aliphatic heterocycles. The Morgan fingerprint density at radius 2 is 1.82 bits per heavy atom. The highest BCUT2D eigenvalue weighted by molar-refractivity contribution is 7.89. The Hall–Kier alpha value is -2.30. The number of carbonyl (C=O) groups is 1. The van der Waals surface area contributed by atoms with Gasteiger partial charge in [0.1, 0.15) is 6.10 Å². The number of piperidine rings is 1. The Morgan fingerprint density at radius 1 is 1.07 bits per heavy atom. The van der Waals surface area contributed by atoms with E-state index in [-0.39, 0.29) is 17.0 Å². The third-order valence-corrected chi connectivity index (χ3v) is 6.85. The van der Waals surface area contributed by atoms with Gasteiger partial charge < -0.3 is 9.15 Å². The average molecular weight is 406 g/mol. The molecular weight excluding hydrogens is 384 g/mol. The van der Waals surface area contributed by atoms with E-state index in [4.69, 9.17) is 9.15 Å². The van der Waals surface area contributed by atoms with E-state index in [0.29, 0.717) is 31.2 Å². The molecule has 0 radical (unpaired) electrons. The topological polar surface area (TPSA) is 115 Å². The first kappa shape index (κ1) is 19.0. The van der Waals surface area contributed by atoms with E-state index in [1.165, 1.54) is 28.6 Å². The SMILES string of the molecule is O=C(Nc1nnc([C@H]2CCCO2)o1)c1ccc(S(=O)(=O)N2CCCCC2)cc1. The summed E-state index contributed by atoms with van der Waals surface area (Å²) >= 11 is 0. The van der Waals surface area contributed by atoms with Gasteiger partial charge in [-0.2, -0.15) is 4.31 Å². The average Bonchev–Trinajstić information content (AvgIpc) is 3.40. The molecule has 0 aliphatic carbocycles. The van der Waals surface area contributed by atoms with Gasteiger partial charge in [-0.15, -0.1) is 5.10 Å². The lowest BCUT2D eigenvalue weighted by molar-refractivity contribution is 0.0893. The third-order valence-electron chi connectivity index (χ3n) is 4.94. The number of rotatable bonds is 5. The number of ether oxygens (including phenoxy) is 1. The zero-order valence-corrected chi connectivity index (χ0v) is 16.2. The first-order valence-electron chi connectivity index (χ1n) is 9.40. The molecule has 1 N–H and O–H groups in total. The summed E-state index contributed by atoms with van der Waals surface area (Å²) in [6, 6.07) is 5.84. The quantitative estimate of drug-likeness (QED) is 0.810. The molecule has 2 saturated heterocycles. The molecule has 0 unspecified atom stereocenters. The summed E-state index contributed by atoms with van der Waals surface area (Å²) in [5.41, 5.74) is 0.300. The highest BCUT2D eigenvalue weighted by Crippen LogP contribution is 2.28. The Labute approximate surface area is 163 Å². The maximum atomic E-state index is 12.7. The van der Waals surface area contributed by atoms with Crippen molar-refractivity contribution < 1.29 is 22.4 Å². The van der Waals surface area contributed by atoms with Crippen LogP contribution >= 0.6 is 0 Å². The van der Waals surface area contributed by atoms with Gasteiger partial charge in [0.25, 0.3) is 5.91 Å². The standard InChI is InChI=1S/C18H22N4O5S/c23-16(19-18-21-20-17(27-18)15-5-4-12-26-15)13-6-8-14(9-7-13)28(24,25)22-10-2-1-3-11-22/h6-9,15H,1-5,10-12H2,(H,19,21,23)/t15-/m1/s1. The van der Waals surface area contributed by atoms with Crippen LogP contribution in [0.25, 0.3) is 0 Å². The molecular formula is C18H22N4O5S. The molecule has 1 aromatic carbocycles. The predicted molar refractivity (Wildman–Crippen MR) is 99.2 cm³/mol. The van der Waals surface area contributed by atoms with Crippen molar-refractivity contribution in [3.63, 3.8) is 0 Å². The van der Waals surface area contributed by atoms with Crippen molar-refractivity contribution in [1.82, 2.24) is 14.5 Å². The fourth-order valence-electron chi connectivity index (χ4n) is 3.39. The second-order valence-corrected chi connectivity index (χ2v) is 8.83. The number of anilines is 1. The molecule has 150 valence electrons. The number of benzene rings is 1. The van der Waals surface area contributed by atoms with Crippen molar-refractivity contribution in [2.75, 3.05) is 25.0 Å². The van der Waals surface area contributed by atoms with Gasteiger partial charge in [0.05, 0.1) is 4.90 Å². The van der Waals surface area contributed by atoms with E-state index in [9.17, 15) is 13.2 Å². The number of hydrogen-bond acceptors (Lipinski definition) is 7. The van der Waals surface area contributed by atoms with Gasteiger partial charge in [-0.25, -0.2) is 8.42 Å². The van der Waals surface area contributed by atoms with Gasteiger partial charge in [0.15, 0.2) is 0 Å². The number of carbonyl (C=O) groups excluding carboxylic acids is 1. The molecule has 1 aromatic heterocycles. The molecule has 1 atom stereocenters. The summed E-state index contributed by atoms with van der Waals surface area (Å²) < 4.78 is 37.7. The summed E-state index contributed by atoms with van der Waals surface area (Å²) in [4.78, 5) is 12.6. The normalized spacial score (nSPS) is 20.9. The van der Waals surface area contributed by atoms with E-state index in [2.05, 4.69) is 15.5 Å². The van der Waals surface area contributed by atoms with Crippen LogP contribution < -0.4 is 5.32 Å². The second-order valence-electron chi connectivity index (χ2n) is 6.89. The summed E-state index contributed by atoms with van der Waals surface area (Å²) in [6.45, 7) is 1.73. The lowest BCUT2D eigenvalue weighted by atomic mass is 10.2. The van der Waals surface area contributed by atoms with E-state index in [1.807, 2.05) is 0 Å².